The number of nitrogens with zero attached hydrogens (tertiary/aromatic N) is 1. The molecule has 1 unspecified atom stereocenters. The molecule has 2 aromatic rings. The Morgan fingerprint density at radius 2 is 1.66 bits per heavy atom. The van der Waals surface area contributed by atoms with Gasteiger partial charge in [-0.25, -0.2) is 4.79 Å². The molecule has 0 fully saturated rings. The zero-order chi connectivity index (χ0) is 26.5. The third-order valence-corrected chi connectivity index (χ3v) is 5.50. The van der Waals surface area contributed by atoms with E-state index in [0.29, 0.717) is 16.3 Å². The molecule has 0 aliphatic carbocycles. The molecule has 0 saturated carbocycles. The number of rotatable bonds is 7. The molecule has 0 spiro atoms. The largest absolute Gasteiger partial charge is 0.507 e. The highest BCUT2D eigenvalue weighted by Gasteiger charge is 2.36. The summed E-state index contributed by atoms with van der Waals surface area (Å²) in [5.41, 5.74) is 1.24. The van der Waals surface area contributed by atoms with Gasteiger partial charge in [-0.3, -0.25) is 9.59 Å². The zero-order valence-electron chi connectivity index (χ0n) is 21.2. The van der Waals surface area contributed by atoms with E-state index in [4.69, 9.17) is 16.3 Å². The van der Waals surface area contributed by atoms with Gasteiger partial charge in [0.15, 0.2) is 0 Å². The van der Waals surface area contributed by atoms with Crippen LogP contribution in [0.4, 0.5) is 10.5 Å². The van der Waals surface area contributed by atoms with Crippen LogP contribution in [0.15, 0.2) is 36.4 Å². The number of aromatic hydroxyl groups is 1. The van der Waals surface area contributed by atoms with Gasteiger partial charge >= 0.3 is 6.09 Å². The first-order valence-electron chi connectivity index (χ1n) is 11.4. The van der Waals surface area contributed by atoms with Gasteiger partial charge in [0, 0.05) is 11.6 Å². The van der Waals surface area contributed by atoms with Crippen molar-refractivity contribution >= 4 is 35.2 Å². The van der Waals surface area contributed by atoms with Crippen LogP contribution in [0.1, 0.15) is 57.4 Å². The molecule has 2 aromatic carbocycles. The lowest BCUT2D eigenvalue weighted by Gasteiger charge is -2.35. The van der Waals surface area contributed by atoms with Crippen molar-refractivity contribution in [2.24, 2.45) is 0 Å². The van der Waals surface area contributed by atoms with Crippen molar-refractivity contribution in [1.82, 2.24) is 10.2 Å². The van der Waals surface area contributed by atoms with Gasteiger partial charge in [0.1, 0.15) is 23.9 Å². The first kappa shape index (κ1) is 28.0. The van der Waals surface area contributed by atoms with Crippen LogP contribution in [0.25, 0.3) is 0 Å². The van der Waals surface area contributed by atoms with Gasteiger partial charge in [-0.05, 0) is 65.7 Å². The first-order valence-corrected chi connectivity index (χ1v) is 11.7. The third-order valence-electron chi connectivity index (χ3n) is 5.19. The minimum Gasteiger partial charge on any atom is -0.507 e. The molecule has 3 amide bonds. The van der Waals surface area contributed by atoms with Gasteiger partial charge in [-0.15, -0.1) is 0 Å². The number of anilines is 1. The van der Waals surface area contributed by atoms with Crippen molar-refractivity contribution in [3.8, 4) is 5.75 Å². The van der Waals surface area contributed by atoms with Crippen LogP contribution in [-0.4, -0.2) is 46.1 Å². The first-order chi connectivity index (χ1) is 16.2. The van der Waals surface area contributed by atoms with Crippen molar-refractivity contribution in [2.75, 3.05) is 11.9 Å². The Balaban J connectivity index is 2.46. The van der Waals surface area contributed by atoms with Crippen LogP contribution < -0.4 is 10.6 Å². The normalized spacial score (nSPS) is 12.1. The molecule has 0 aliphatic rings. The summed E-state index contributed by atoms with van der Waals surface area (Å²) in [5, 5.41) is 16.4. The number of para-hydroxylation sites is 2. The van der Waals surface area contributed by atoms with E-state index in [1.807, 2.05) is 0 Å². The third kappa shape index (κ3) is 7.36. The number of halogens is 1. The number of alkyl carbamates (subject to hydrolysis) is 1. The van der Waals surface area contributed by atoms with E-state index in [9.17, 15) is 19.5 Å². The van der Waals surface area contributed by atoms with Gasteiger partial charge in [-0.2, -0.15) is 0 Å². The van der Waals surface area contributed by atoms with Crippen molar-refractivity contribution in [1.29, 1.82) is 0 Å². The highest BCUT2D eigenvalue weighted by molar-refractivity contribution is 6.34. The lowest BCUT2D eigenvalue weighted by molar-refractivity contribution is -0.140. The summed E-state index contributed by atoms with van der Waals surface area (Å²) in [6.07, 6.45) is -0.749. The Morgan fingerprint density at radius 3 is 2.23 bits per heavy atom. The lowest BCUT2D eigenvalue weighted by Crippen LogP contribution is -2.49. The number of benzene rings is 2. The van der Waals surface area contributed by atoms with Crippen molar-refractivity contribution in [2.45, 2.75) is 66.2 Å². The van der Waals surface area contributed by atoms with Gasteiger partial charge in [0.25, 0.3) is 5.91 Å². The Hall–Kier alpha value is -3.26. The van der Waals surface area contributed by atoms with Crippen molar-refractivity contribution in [3.63, 3.8) is 0 Å². The minimum atomic E-state index is -1.20. The molecule has 0 saturated heterocycles. The molecule has 0 aromatic heterocycles. The van der Waals surface area contributed by atoms with Crippen LogP contribution in [0.3, 0.4) is 0 Å². The Labute approximate surface area is 211 Å². The summed E-state index contributed by atoms with van der Waals surface area (Å²) in [6.45, 7) is 11.8. The molecule has 8 nitrogen and oxygen atoms in total. The van der Waals surface area contributed by atoms with E-state index >= 15 is 0 Å². The van der Waals surface area contributed by atoms with Gasteiger partial charge in [-0.1, -0.05) is 41.9 Å². The average Bonchev–Trinajstić information content (AvgIpc) is 2.73. The highest BCUT2D eigenvalue weighted by atomic mass is 35.5. The second-order valence-electron chi connectivity index (χ2n) is 9.59. The zero-order valence-corrected chi connectivity index (χ0v) is 22.0. The van der Waals surface area contributed by atoms with E-state index in [0.717, 1.165) is 5.56 Å². The maximum absolute atomic E-state index is 13.7. The molecule has 35 heavy (non-hydrogen) atoms. The molecule has 190 valence electrons. The fraction of sp³-hybridized carbons (Fsp3) is 0.423. The molecule has 2 rings (SSSR count). The smallest absolute Gasteiger partial charge is 0.408 e. The number of hydrogen-bond donors (Lipinski definition) is 3. The maximum Gasteiger partial charge on any atom is 0.408 e. The molecule has 0 bridgehead atoms. The number of ether oxygens (including phenoxy) is 1. The topological polar surface area (TPSA) is 108 Å². The Bertz CT molecular complexity index is 1070. The highest BCUT2D eigenvalue weighted by Crippen LogP contribution is 2.35. The van der Waals surface area contributed by atoms with E-state index < -0.39 is 42.1 Å². The summed E-state index contributed by atoms with van der Waals surface area (Å²) in [5.74, 6) is -1.17. The molecule has 0 radical (unpaired) electrons. The van der Waals surface area contributed by atoms with E-state index in [1.165, 1.54) is 4.90 Å². The van der Waals surface area contributed by atoms with Crippen LogP contribution >= 0.6 is 11.6 Å². The molecule has 3 N–H and O–H groups in total. The van der Waals surface area contributed by atoms with Crippen LogP contribution in [0.5, 0.6) is 5.75 Å². The van der Waals surface area contributed by atoms with E-state index in [1.54, 1.807) is 84.9 Å². The lowest BCUT2D eigenvalue weighted by atomic mass is 9.98. The molecular formula is C26H34ClN3O5. The number of phenols is 1. The second-order valence-corrected chi connectivity index (χ2v) is 9.99. The molecule has 0 aliphatic heterocycles. The van der Waals surface area contributed by atoms with Gasteiger partial charge in [0.05, 0.1) is 10.7 Å². The summed E-state index contributed by atoms with van der Waals surface area (Å²) < 4.78 is 5.21. The number of aryl methyl sites for hydroxylation is 2. The standard InChI is InChI=1S/C26H34ClN3O5/c1-15(2)30(20(31)14-28-25(34)35-26(5,6)7)22(18-12-8-11-17(4)23(18)32)24(33)29-21-16(3)10-9-13-19(21)27/h8-13,15,22,32H,14H2,1-7H3,(H,28,34)(H,29,33). The molecule has 0 heterocycles. The fourth-order valence-electron chi connectivity index (χ4n) is 3.58. The molecule has 9 heteroatoms. The minimum absolute atomic E-state index is 0.0953. The number of nitrogens with one attached hydrogen (secondary N) is 2. The van der Waals surface area contributed by atoms with Gasteiger partial charge < -0.3 is 25.4 Å². The quantitative estimate of drug-likeness (QED) is 0.487. The van der Waals surface area contributed by atoms with Crippen LogP contribution in [-0.2, 0) is 14.3 Å². The molecule has 1 atom stereocenters. The predicted octanol–water partition coefficient (Wildman–Crippen LogP) is 5.10. The van der Waals surface area contributed by atoms with E-state index in [-0.39, 0.29) is 11.3 Å². The van der Waals surface area contributed by atoms with E-state index in [2.05, 4.69) is 10.6 Å². The summed E-state index contributed by atoms with van der Waals surface area (Å²) >= 11 is 6.32. The number of carbonyl (C=O) groups excluding carboxylic acids is 3. The summed E-state index contributed by atoms with van der Waals surface area (Å²) in [4.78, 5) is 40.4. The number of carbonyl (C=O) groups is 3. The average molecular weight is 504 g/mol. The SMILES string of the molecule is Cc1cccc(C(C(=O)Nc2c(C)cccc2Cl)N(C(=O)CNC(=O)OC(C)(C)C)C(C)C)c1O. The van der Waals surface area contributed by atoms with Crippen molar-refractivity contribution < 1.29 is 24.2 Å². The predicted molar refractivity (Wildman–Crippen MR) is 137 cm³/mol. The Morgan fingerprint density at radius 1 is 1.06 bits per heavy atom. The number of phenolic OH excluding ortho intramolecular Hbond substituents is 1. The number of amides is 3. The fourth-order valence-corrected chi connectivity index (χ4v) is 3.85. The maximum atomic E-state index is 13.7. The molecular weight excluding hydrogens is 470 g/mol. The monoisotopic (exact) mass is 503 g/mol. The summed E-state index contributed by atoms with van der Waals surface area (Å²) in [7, 11) is 0. The van der Waals surface area contributed by atoms with Crippen LogP contribution in [0, 0.1) is 13.8 Å². The van der Waals surface area contributed by atoms with Gasteiger partial charge in [0.2, 0.25) is 5.91 Å². The second kappa shape index (κ2) is 11.4. The Kier molecular flexibility index (Phi) is 9.15. The van der Waals surface area contributed by atoms with Crippen molar-refractivity contribution in [3.05, 3.63) is 58.1 Å². The number of hydrogen-bond acceptors (Lipinski definition) is 5. The summed E-state index contributed by atoms with van der Waals surface area (Å²) in [6, 6.07) is 8.57. The van der Waals surface area contributed by atoms with Crippen LogP contribution in [0.2, 0.25) is 5.02 Å².